The molecule has 8 heteroatoms. The average Bonchev–Trinajstić information content (AvgIpc) is 3.31. The lowest BCUT2D eigenvalue weighted by molar-refractivity contribution is 0.0438. The zero-order chi connectivity index (χ0) is 17.9. The van der Waals surface area contributed by atoms with E-state index in [1.165, 1.54) is 25.7 Å². The summed E-state index contributed by atoms with van der Waals surface area (Å²) in [5.74, 6) is 1.03. The van der Waals surface area contributed by atoms with E-state index in [2.05, 4.69) is 10.2 Å². The van der Waals surface area contributed by atoms with Crippen molar-refractivity contribution in [2.45, 2.75) is 55.6 Å². The van der Waals surface area contributed by atoms with Gasteiger partial charge in [-0.25, -0.2) is 4.79 Å². The molecule has 1 saturated carbocycles. The van der Waals surface area contributed by atoms with Gasteiger partial charge < -0.3 is 14.0 Å². The lowest BCUT2D eigenvalue weighted by Crippen LogP contribution is -2.19. The van der Waals surface area contributed by atoms with Gasteiger partial charge in [0.25, 0.3) is 0 Å². The molecule has 0 N–H and O–H groups in total. The van der Waals surface area contributed by atoms with E-state index in [9.17, 15) is 4.79 Å². The number of nitrogens with zero attached hydrogens (tertiary/aromatic N) is 3. The van der Waals surface area contributed by atoms with Crippen molar-refractivity contribution < 1.29 is 14.3 Å². The van der Waals surface area contributed by atoms with Crippen molar-refractivity contribution in [2.75, 3.05) is 6.61 Å². The van der Waals surface area contributed by atoms with Crippen LogP contribution in [-0.2, 0) is 29.2 Å². The van der Waals surface area contributed by atoms with Crippen molar-refractivity contribution in [2.24, 2.45) is 0 Å². The number of esters is 1. The number of halogens is 1. The highest BCUT2D eigenvalue weighted by Crippen LogP contribution is 2.37. The van der Waals surface area contributed by atoms with Crippen molar-refractivity contribution >= 4 is 29.3 Å². The Morgan fingerprint density at radius 3 is 3.04 bits per heavy atom. The minimum absolute atomic E-state index is 0.0892. The monoisotopic (exact) mass is 393 g/mol. The van der Waals surface area contributed by atoms with Gasteiger partial charge in [-0.05, 0) is 31.0 Å². The van der Waals surface area contributed by atoms with Crippen LogP contribution in [0.1, 0.15) is 47.7 Å². The smallest absolute Gasteiger partial charge is 0.339 e. The molecule has 2 aromatic rings. The summed E-state index contributed by atoms with van der Waals surface area (Å²) in [5, 5.41) is 9.28. The van der Waals surface area contributed by atoms with Crippen LogP contribution in [0.15, 0.2) is 23.1 Å². The standard InChI is InChI=1S/C18H20ClN3O3S/c19-12-5-6-15(26-13-3-1-2-4-13)14(9-12)18(23)25-11-17-21-20-16-10-24-8-7-22(16)17/h5-6,9,13H,1-4,7-8,10-11H2. The molecule has 1 aliphatic heterocycles. The number of thioether (sulfide) groups is 1. The highest BCUT2D eigenvalue weighted by molar-refractivity contribution is 8.00. The van der Waals surface area contributed by atoms with Crippen molar-refractivity contribution in [3.05, 3.63) is 40.4 Å². The summed E-state index contributed by atoms with van der Waals surface area (Å²) in [7, 11) is 0. The Morgan fingerprint density at radius 1 is 1.35 bits per heavy atom. The molecule has 0 atom stereocenters. The Bertz CT molecular complexity index is 805. The second-order valence-electron chi connectivity index (χ2n) is 6.48. The van der Waals surface area contributed by atoms with E-state index in [-0.39, 0.29) is 12.6 Å². The quantitative estimate of drug-likeness (QED) is 0.719. The molecule has 6 nitrogen and oxygen atoms in total. The molecule has 2 aliphatic rings. The number of ether oxygens (including phenoxy) is 2. The summed E-state index contributed by atoms with van der Waals surface area (Å²) in [6, 6.07) is 5.43. The fraction of sp³-hybridized carbons (Fsp3) is 0.500. The number of carbonyl (C=O) groups is 1. The first-order valence-corrected chi connectivity index (χ1v) is 10.1. The lowest BCUT2D eigenvalue weighted by atomic mass is 10.2. The normalized spacial score (nSPS) is 17.3. The highest BCUT2D eigenvalue weighted by atomic mass is 35.5. The van der Waals surface area contributed by atoms with Crippen LogP contribution in [0.25, 0.3) is 0 Å². The summed E-state index contributed by atoms with van der Waals surface area (Å²) >= 11 is 7.87. The fourth-order valence-corrected chi connectivity index (χ4v) is 4.84. The highest BCUT2D eigenvalue weighted by Gasteiger charge is 2.22. The molecule has 26 heavy (non-hydrogen) atoms. The Labute approximate surface area is 161 Å². The third kappa shape index (κ3) is 3.89. The van der Waals surface area contributed by atoms with Gasteiger partial charge in [-0.1, -0.05) is 24.4 Å². The van der Waals surface area contributed by atoms with E-state index in [1.54, 1.807) is 17.8 Å². The zero-order valence-electron chi connectivity index (χ0n) is 14.3. The van der Waals surface area contributed by atoms with Gasteiger partial charge in [0.05, 0.1) is 12.2 Å². The average molecular weight is 394 g/mol. The van der Waals surface area contributed by atoms with Crippen molar-refractivity contribution in [1.82, 2.24) is 14.8 Å². The number of aromatic nitrogens is 3. The molecule has 4 rings (SSSR count). The van der Waals surface area contributed by atoms with Crippen LogP contribution in [0.2, 0.25) is 5.02 Å². The van der Waals surface area contributed by atoms with Crippen LogP contribution in [0, 0.1) is 0 Å². The van der Waals surface area contributed by atoms with Crippen LogP contribution in [-0.4, -0.2) is 32.6 Å². The van der Waals surface area contributed by atoms with E-state index in [0.29, 0.717) is 41.4 Å². The molecule has 0 amide bonds. The number of hydrogen-bond acceptors (Lipinski definition) is 6. The van der Waals surface area contributed by atoms with Crippen LogP contribution < -0.4 is 0 Å². The van der Waals surface area contributed by atoms with Crippen LogP contribution in [0.5, 0.6) is 0 Å². The van der Waals surface area contributed by atoms with Crippen molar-refractivity contribution in [3.8, 4) is 0 Å². The summed E-state index contributed by atoms with van der Waals surface area (Å²) < 4.78 is 12.8. The van der Waals surface area contributed by atoms with Gasteiger partial charge in [0, 0.05) is 21.7 Å². The molecule has 2 heterocycles. The van der Waals surface area contributed by atoms with Crippen LogP contribution >= 0.6 is 23.4 Å². The van der Waals surface area contributed by atoms with Gasteiger partial charge in [-0.2, -0.15) is 0 Å². The van der Waals surface area contributed by atoms with E-state index >= 15 is 0 Å². The first-order valence-electron chi connectivity index (χ1n) is 8.83. The number of benzene rings is 1. The van der Waals surface area contributed by atoms with E-state index in [0.717, 1.165) is 10.7 Å². The Hall–Kier alpha value is -1.57. The van der Waals surface area contributed by atoms with Gasteiger partial charge >= 0.3 is 5.97 Å². The topological polar surface area (TPSA) is 66.2 Å². The van der Waals surface area contributed by atoms with Gasteiger partial charge in [-0.3, -0.25) is 0 Å². The molecule has 1 aromatic carbocycles. The molecule has 1 fully saturated rings. The van der Waals surface area contributed by atoms with E-state index in [1.807, 2.05) is 16.7 Å². The van der Waals surface area contributed by atoms with Gasteiger partial charge in [-0.15, -0.1) is 22.0 Å². The Balaban J connectivity index is 1.47. The zero-order valence-corrected chi connectivity index (χ0v) is 15.9. The number of rotatable bonds is 5. The van der Waals surface area contributed by atoms with Crippen LogP contribution in [0.3, 0.4) is 0 Å². The molecule has 1 aliphatic carbocycles. The maximum Gasteiger partial charge on any atom is 0.339 e. The minimum atomic E-state index is -0.377. The second-order valence-corrected chi connectivity index (χ2v) is 8.26. The SMILES string of the molecule is O=C(OCc1nnc2n1CCOC2)c1cc(Cl)ccc1SC1CCCC1. The largest absolute Gasteiger partial charge is 0.454 e. The second kappa shape index (κ2) is 7.98. The summed E-state index contributed by atoms with van der Waals surface area (Å²) in [6.45, 7) is 1.82. The van der Waals surface area contributed by atoms with Crippen LogP contribution in [0.4, 0.5) is 0 Å². The van der Waals surface area contributed by atoms with Crippen molar-refractivity contribution in [3.63, 3.8) is 0 Å². The molecule has 0 spiro atoms. The number of fused-ring (bicyclic) bond motifs is 1. The molecule has 0 unspecified atom stereocenters. The van der Waals surface area contributed by atoms with E-state index in [4.69, 9.17) is 21.1 Å². The molecular weight excluding hydrogens is 374 g/mol. The lowest BCUT2D eigenvalue weighted by Gasteiger charge is -2.16. The Kier molecular flexibility index (Phi) is 5.47. The maximum atomic E-state index is 12.7. The predicted octanol–water partition coefficient (Wildman–Crippen LogP) is 3.85. The van der Waals surface area contributed by atoms with E-state index < -0.39 is 0 Å². The summed E-state index contributed by atoms with van der Waals surface area (Å²) in [5.41, 5.74) is 0.524. The molecule has 0 bridgehead atoms. The number of hydrogen-bond donors (Lipinski definition) is 0. The third-order valence-electron chi connectivity index (χ3n) is 4.68. The van der Waals surface area contributed by atoms with Crippen molar-refractivity contribution in [1.29, 1.82) is 0 Å². The van der Waals surface area contributed by atoms with Gasteiger partial charge in [0.15, 0.2) is 18.3 Å². The predicted molar refractivity (Wildman–Crippen MR) is 98.4 cm³/mol. The summed E-state index contributed by atoms with van der Waals surface area (Å²) in [4.78, 5) is 13.6. The number of carbonyl (C=O) groups excluding carboxylic acids is 1. The fourth-order valence-electron chi connectivity index (χ4n) is 3.32. The minimum Gasteiger partial charge on any atom is -0.454 e. The first-order chi connectivity index (χ1) is 12.7. The maximum absolute atomic E-state index is 12.7. The third-order valence-corrected chi connectivity index (χ3v) is 6.33. The molecule has 138 valence electrons. The van der Waals surface area contributed by atoms with Gasteiger partial charge in [0.1, 0.15) is 6.61 Å². The molecule has 1 aromatic heterocycles. The molecule has 0 saturated heterocycles. The first kappa shape index (κ1) is 17.8. The summed E-state index contributed by atoms with van der Waals surface area (Å²) in [6.07, 6.45) is 4.89. The van der Waals surface area contributed by atoms with Gasteiger partial charge in [0.2, 0.25) is 0 Å². The molecule has 0 radical (unpaired) electrons. The Morgan fingerprint density at radius 2 is 2.19 bits per heavy atom. The molecular formula is C18H20ClN3O3S.